The van der Waals surface area contributed by atoms with E-state index in [9.17, 15) is 27.8 Å². The molecule has 1 fully saturated rings. The summed E-state index contributed by atoms with van der Waals surface area (Å²) in [6.07, 6.45) is -0.378. The number of pyridine rings is 1. The summed E-state index contributed by atoms with van der Waals surface area (Å²) >= 11 is 5.75. The summed E-state index contributed by atoms with van der Waals surface area (Å²) in [6, 6.07) is 7.32. The van der Waals surface area contributed by atoms with Gasteiger partial charge in [0.05, 0.1) is 17.1 Å². The highest BCUT2D eigenvalue weighted by Gasteiger charge is 2.62. The monoisotopic (exact) mass is 484 g/mol. The molecule has 0 saturated carbocycles. The van der Waals surface area contributed by atoms with Gasteiger partial charge in [-0.25, -0.2) is 17.8 Å². The van der Waals surface area contributed by atoms with Gasteiger partial charge in [-0.1, -0.05) is 11.6 Å². The van der Waals surface area contributed by atoms with E-state index in [1.807, 2.05) is 0 Å². The van der Waals surface area contributed by atoms with E-state index in [0.717, 1.165) is 35.6 Å². The number of aromatic nitrogens is 1. The average molecular weight is 485 g/mol. The molecule has 3 atom stereocenters. The molecule has 1 aromatic heterocycles. The summed E-state index contributed by atoms with van der Waals surface area (Å²) in [5.41, 5.74) is 0.863. The number of hydrogen-bond donors (Lipinski definition) is 3. The molecule has 3 rings (SSSR count). The summed E-state index contributed by atoms with van der Waals surface area (Å²) in [7, 11) is -4.30. The lowest BCUT2D eigenvalue weighted by molar-refractivity contribution is -0.159. The zero-order valence-corrected chi connectivity index (χ0v) is 18.1. The van der Waals surface area contributed by atoms with Gasteiger partial charge in [-0.3, -0.25) is 4.79 Å². The predicted molar refractivity (Wildman–Crippen MR) is 109 cm³/mol. The van der Waals surface area contributed by atoms with Crippen molar-refractivity contribution in [3.63, 3.8) is 0 Å². The fourth-order valence-corrected chi connectivity index (χ4v) is 4.74. The molecule has 32 heavy (non-hydrogen) atoms. The first-order chi connectivity index (χ1) is 14.8. The number of carboxylic acid groups (broad SMARTS) is 1. The number of ether oxygens (including phenoxy) is 1. The number of aliphatic hydroxyl groups is 1. The molecule has 0 bridgehead atoms. The van der Waals surface area contributed by atoms with E-state index in [1.54, 1.807) is 6.07 Å². The van der Waals surface area contributed by atoms with E-state index in [1.165, 1.54) is 12.1 Å². The average Bonchev–Trinajstić information content (AvgIpc) is 3.07. The van der Waals surface area contributed by atoms with Gasteiger partial charge in [0, 0.05) is 18.8 Å². The molecular formula is C19H18ClFN4O6S. The van der Waals surface area contributed by atoms with Crippen LogP contribution in [0.25, 0.3) is 0 Å². The third-order valence-electron chi connectivity index (χ3n) is 5.31. The minimum atomic E-state index is -4.30. The summed E-state index contributed by atoms with van der Waals surface area (Å²) in [5, 5.41) is 29.5. The predicted octanol–water partition coefficient (Wildman–Crippen LogP) is 0.731. The maximum absolute atomic E-state index is 14.0. The number of hydrogen-bond acceptors (Lipinski definition) is 8. The Balaban J connectivity index is 2.02. The lowest BCUT2D eigenvalue weighted by atomic mass is 9.79. The van der Waals surface area contributed by atoms with E-state index >= 15 is 0 Å². The Hall–Kier alpha value is -2.82. The molecule has 2 heterocycles. The number of sulfonamides is 1. The minimum absolute atomic E-state index is 0.157. The summed E-state index contributed by atoms with van der Waals surface area (Å²) in [6.45, 7) is -0.227. The van der Waals surface area contributed by atoms with Gasteiger partial charge in [0.25, 0.3) is 10.0 Å². The van der Waals surface area contributed by atoms with Gasteiger partial charge in [0.1, 0.15) is 34.9 Å². The number of nitrogens with two attached hydrogens (primary N) is 1. The van der Waals surface area contributed by atoms with Crippen LogP contribution in [0.1, 0.15) is 12.5 Å². The van der Waals surface area contributed by atoms with Gasteiger partial charge in [-0.15, -0.1) is 0 Å². The topological polar surface area (TPSA) is 167 Å². The van der Waals surface area contributed by atoms with Crippen LogP contribution in [0.4, 0.5) is 4.39 Å². The molecular weight excluding hydrogens is 467 g/mol. The van der Waals surface area contributed by atoms with Crippen LogP contribution >= 0.6 is 11.6 Å². The van der Waals surface area contributed by atoms with Crippen LogP contribution < -0.4 is 10.5 Å². The van der Waals surface area contributed by atoms with Crippen LogP contribution in [0.5, 0.6) is 5.75 Å². The zero-order chi connectivity index (χ0) is 23.9. The molecule has 4 N–H and O–H groups in total. The Kier molecular flexibility index (Phi) is 6.16. The molecule has 0 aliphatic carbocycles. The van der Waals surface area contributed by atoms with Crippen LogP contribution in [0, 0.1) is 17.1 Å². The number of rotatable bonds is 6. The van der Waals surface area contributed by atoms with Crippen LogP contribution in [0.2, 0.25) is 5.02 Å². The quantitative estimate of drug-likeness (QED) is 0.535. The number of nitrogens with zero attached hydrogens (tertiary/aromatic N) is 3. The normalized spacial score (nSPS) is 23.3. The molecule has 10 nitrogen and oxygen atoms in total. The number of carboxylic acids is 1. The Labute approximate surface area is 187 Å². The Morgan fingerprint density at radius 3 is 2.69 bits per heavy atom. The van der Waals surface area contributed by atoms with Crippen molar-refractivity contribution in [1.82, 2.24) is 9.29 Å². The van der Waals surface area contributed by atoms with E-state index in [-0.39, 0.29) is 21.4 Å². The van der Waals surface area contributed by atoms with E-state index in [2.05, 4.69) is 4.98 Å². The third kappa shape index (κ3) is 4.01. The van der Waals surface area contributed by atoms with Crippen molar-refractivity contribution in [2.24, 2.45) is 5.73 Å². The van der Waals surface area contributed by atoms with Crippen LogP contribution in [0.3, 0.4) is 0 Å². The molecule has 1 aromatic carbocycles. The van der Waals surface area contributed by atoms with Gasteiger partial charge in [0.2, 0.25) is 0 Å². The van der Waals surface area contributed by atoms with E-state index < -0.39 is 52.1 Å². The molecule has 2 aromatic rings. The van der Waals surface area contributed by atoms with Crippen molar-refractivity contribution in [2.75, 3.05) is 13.1 Å². The van der Waals surface area contributed by atoms with Gasteiger partial charge in [-0.2, -0.15) is 9.57 Å². The van der Waals surface area contributed by atoms with Crippen molar-refractivity contribution < 1.29 is 32.6 Å². The highest BCUT2D eigenvalue weighted by molar-refractivity contribution is 7.89. The number of benzene rings is 1. The lowest BCUT2D eigenvalue weighted by Crippen LogP contribution is -2.69. The number of aliphatic carboxylic acids is 1. The van der Waals surface area contributed by atoms with Gasteiger partial charge < -0.3 is 20.7 Å². The van der Waals surface area contributed by atoms with Gasteiger partial charge >= 0.3 is 5.97 Å². The maximum Gasteiger partial charge on any atom is 0.326 e. The molecule has 0 radical (unpaired) electrons. The van der Waals surface area contributed by atoms with Crippen molar-refractivity contribution in [3.05, 3.63) is 52.9 Å². The number of halogens is 2. The minimum Gasteiger partial charge on any atom is -0.486 e. The molecule has 1 unspecified atom stereocenters. The standard InChI is InChI=1S/C19H18ClFN4O6S/c1-18(23,17(26)27)19(28)10-25(32(29,30)16-5-3-12(20)8-24-16)9-15(19)31-13-4-2-11(7-22)14(21)6-13/h2-6,8,15,28H,9-10,23H2,1H3,(H,26,27)/t15-,18?,19-/m0/s1. The van der Waals surface area contributed by atoms with E-state index in [0.29, 0.717) is 0 Å². The second-order valence-electron chi connectivity index (χ2n) is 7.40. The molecule has 1 saturated heterocycles. The fraction of sp³-hybridized carbons (Fsp3) is 0.316. The number of nitriles is 1. The van der Waals surface area contributed by atoms with Crippen molar-refractivity contribution in [3.8, 4) is 11.8 Å². The third-order valence-corrected chi connectivity index (χ3v) is 7.26. The zero-order valence-electron chi connectivity index (χ0n) is 16.6. The van der Waals surface area contributed by atoms with Crippen molar-refractivity contribution >= 4 is 27.6 Å². The molecule has 13 heteroatoms. The fourth-order valence-electron chi connectivity index (χ4n) is 3.24. The summed E-state index contributed by atoms with van der Waals surface area (Å²) in [5.74, 6) is -2.67. The number of carbonyl (C=O) groups is 1. The maximum atomic E-state index is 14.0. The van der Waals surface area contributed by atoms with Crippen molar-refractivity contribution in [2.45, 2.75) is 29.2 Å². The molecule has 1 aliphatic heterocycles. The first-order valence-electron chi connectivity index (χ1n) is 9.05. The van der Waals surface area contributed by atoms with Crippen LogP contribution in [-0.2, 0) is 14.8 Å². The second kappa shape index (κ2) is 8.27. The van der Waals surface area contributed by atoms with Crippen LogP contribution in [0.15, 0.2) is 41.6 Å². The Morgan fingerprint density at radius 2 is 2.16 bits per heavy atom. The van der Waals surface area contributed by atoms with Gasteiger partial charge in [-0.05, 0) is 31.2 Å². The first-order valence-corrected chi connectivity index (χ1v) is 10.9. The Morgan fingerprint density at radius 1 is 1.47 bits per heavy atom. The highest BCUT2D eigenvalue weighted by atomic mass is 35.5. The smallest absolute Gasteiger partial charge is 0.326 e. The SMILES string of the molecule is CC(N)(C(=O)O)[C@]1(O)CN(S(=O)(=O)c2ccc(Cl)cn2)C[C@@H]1Oc1ccc(C#N)c(F)c1. The van der Waals surface area contributed by atoms with E-state index in [4.69, 9.17) is 27.3 Å². The summed E-state index contributed by atoms with van der Waals surface area (Å²) < 4.78 is 46.4. The lowest BCUT2D eigenvalue weighted by Gasteiger charge is -2.39. The molecule has 0 amide bonds. The van der Waals surface area contributed by atoms with Crippen molar-refractivity contribution in [1.29, 1.82) is 5.26 Å². The van der Waals surface area contributed by atoms with Crippen LogP contribution in [-0.4, -0.2) is 64.2 Å². The molecule has 1 aliphatic rings. The van der Waals surface area contributed by atoms with Gasteiger partial charge in [0.15, 0.2) is 5.03 Å². The first kappa shape index (κ1) is 23.8. The highest BCUT2D eigenvalue weighted by Crippen LogP contribution is 2.37. The largest absolute Gasteiger partial charge is 0.486 e. The Bertz CT molecular complexity index is 1200. The number of β-amino-alcohol motifs (C(OH)–C–C–N with tert-alkyl or cyclic N) is 1. The summed E-state index contributed by atoms with van der Waals surface area (Å²) in [4.78, 5) is 15.5. The second-order valence-corrected chi connectivity index (χ2v) is 9.73. The molecule has 170 valence electrons. The molecule has 0 spiro atoms.